The van der Waals surface area contributed by atoms with Crippen molar-refractivity contribution in [3.05, 3.63) is 68.9 Å². The molecule has 0 unspecified atom stereocenters. The highest BCUT2D eigenvalue weighted by molar-refractivity contribution is 9.10. The van der Waals surface area contributed by atoms with Gasteiger partial charge in [-0.25, -0.2) is 0 Å². The predicted octanol–water partition coefficient (Wildman–Crippen LogP) is 5.84. The standard InChI is InChI=1S/C26H32BrN5O2S/c1-7-32-24(23(15(2)3)29-25(34)19-10-8-9-16(4)11-19)30-31-26(32)35-14-22(33)28-21-13-18(6)17(5)12-20(21)27/h8-13,15,23H,7,14H2,1-6H3,(H,28,33)(H,29,34)/t23-/m0/s1. The molecular formula is C26H32BrN5O2S. The van der Waals surface area contributed by atoms with Crippen molar-refractivity contribution in [3.8, 4) is 0 Å². The number of carbonyl (C=O) groups excluding carboxylic acids is 2. The third-order valence-corrected chi connectivity index (χ3v) is 7.39. The van der Waals surface area contributed by atoms with Gasteiger partial charge in [0.05, 0.1) is 17.5 Å². The maximum atomic E-state index is 12.9. The number of nitrogens with zero attached hydrogens (tertiary/aromatic N) is 3. The molecule has 2 aromatic carbocycles. The molecule has 0 aliphatic heterocycles. The molecule has 1 heterocycles. The van der Waals surface area contributed by atoms with Crippen molar-refractivity contribution in [2.45, 2.75) is 59.3 Å². The number of amides is 2. The summed E-state index contributed by atoms with van der Waals surface area (Å²) < 4.78 is 2.81. The van der Waals surface area contributed by atoms with Gasteiger partial charge in [-0.2, -0.15) is 0 Å². The van der Waals surface area contributed by atoms with Crippen LogP contribution >= 0.6 is 27.7 Å². The van der Waals surface area contributed by atoms with Crippen molar-refractivity contribution in [1.82, 2.24) is 20.1 Å². The molecule has 0 aliphatic carbocycles. The molecule has 35 heavy (non-hydrogen) atoms. The fraction of sp³-hybridized carbons (Fsp3) is 0.385. The summed E-state index contributed by atoms with van der Waals surface area (Å²) in [6.45, 7) is 12.7. The monoisotopic (exact) mass is 557 g/mol. The number of hydrogen-bond acceptors (Lipinski definition) is 5. The van der Waals surface area contributed by atoms with Gasteiger partial charge in [-0.3, -0.25) is 9.59 Å². The predicted molar refractivity (Wildman–Crippen MR) is 145 cm³/mol. The van der Waals surface area contributed by atoms with E-state index in [1.807, 2.05) is 76.4 Å². The minimum absolute atomic E-state index is 0.0986. The summed E-state index contributed by atoms with van der Waals surface area (Å²) >= 11 is 4.85. The zero-order chi connectivity index (χ0) is 25.7. The van der Waals surface area contributed by atoms with Gasteiger partial charge in [0, 0.05) is 16.6 Å². The van der Waals surface area contributed by atoms with E-state index in [-0.39, 0.29) is 29.5 Å². The first-order valence-corrected chi connectivity index (χ1v) is 13.4. The summed E-state index contributed by atoms with van der Waals surface area (Å²) in [5, 5.41) is 15.5. The largest absolute Gasteiger partial charge is 0.342 e. The lowest BCUT2D eigenvalue weighted by molar-refractivity contribution is -0.113. The van der Waals surface area contributed by atoms with Crippen LogP contribution in [0.4, 0.5) is 5.69 Å². The highest BCUT2D eigenvalue weighted by atomic mass is 79.9. The van der Waals surface area contributed by atoms with Gasteiger partial charge in [0.15, 0.2) is 11.0 Å². The van der Waals surface area contributed by atoms with Crippen molar-refractivity contribution in [3.63, 3.8) is 0 Å². The molecule has 0 spiro atoms. The molecule has 1 atom stereocenters. The van der Waals surface area contributed by atoms with Gasteiger partial charge in [-0.05, 0) is 84.9 Å². The molecule has 0 radical (unpaired) electrons. The molecule has 7 nitrogen and oxygen atoms in total. The molecule has 3 rings (SSSR count). The zero-order valence-electron chi connectivity index (χ0n) is 21.0. The topological polar surface area (TPSA) is 88.9 Å². The van der Waals surface area contributed by atoms with E-state index in [0.29, 0.717) is 23.1 Å². The average molecular weight is 559 g/mol. The first-order valence-electron chi connectivity index (χ1n) is 11.6. The van der Waals surface area contributed by atoms with Gasteiger partial charge in [0.1, 0.15) is 0 Å². The second-order valence-corrected chi connectivity index (χ2v) is 10.7. The number of nitrogens with one attached hydrogen (secondary N) is 2. The van der Waals surface area contributed by atoms with E-state index in [1.165, 1.54) is 11.8 Å². The molecular weight excluding hydrogens is 526 g/mol. The minimum atomic E-state index is -0.315. The number of hydrogen-bond donors (Lipinski definition) is 2. The van der Waals surface area contributed by atoms with Gasteiger partial charge in [0.25, 0.3) is 5.91 Å². The SMILES string of the molecule is CCn1c(SCC(=O)Nc2cc(C)c(C)cc2Br)nnc1[C@@H](NC(=O)c1cccc(C)c1)C(C)C. The third-order valence-electron chi connectivity index (χ3n) is 5.76. The number of rotatable bonds is 9. The van der Waals surface area contributed by atoms with E-state index in [2.05, 4.69) is 36.8 Å². The fourth-order valence-corrected chi connectivity index (χ4v) is 5.03. The van der Waals surface area contributed by atoms with E-state index < -0.39 is 0 Å². The number of halogens is 1. The molecule has 0 saturated heterocycles. The molecule has 1 aromatic heterocycles. The minimum Gasteiger partial charge on any atom is -0.342 e. The van der Waals surface area contributed by atoms with Crippen LogP contribution < -0.4 is 10.6 Å². The van der Waals surface area contributed by atoms with Gasteiger partial charge >= 0.3 is 0 Å². The number of benzene rings is 2. The number of carbonyl (C=O) groups is 2. The van der Waals surface area contributed by atoms with Gasteiger partial charge in [0.2, 0.25) is 5.91 Å². The Balaban J connectivity index is 1.72. The molecule has 0 saturated carbocycles. The molecule has 0 aliphatic rings. The Kier molecular flexibility index (Phi) is 9.13. The molecule has 0 bridgehead atoms. The summed E-state index contributed by atoms with van der Waals surface area (Å²) in [7, 11) is 0. The third kappa shape index (κ3) is 6.73. The maximum absolute atomic E-state index is 12.9. The Bertz CT molecular complexity index is 1220. The summed E-state index contributed by atoms with van der Waals surface area (Å²) in [6.07, 6.45) is 0. The van der Waals surface area contributed by atoms with Gasteiger partial charge in [-0.15, -0.1) is 10.2 Å². The second-order valence-electron chi connectivity index (χ2n) is 8.90. The molecule has 2 N–H and O–H groups in total. The lowest BCUT2D eigenvalue weighted by Crippen LogP contribution is -2.33. The number of aryl methyl sites for hydroxylation is 3. The smallest absolute Gasteiger partial charge is 0.251 e. The normalized spacial score (nSPS) is 12.0. The van der Waals surface area contributed by atoms with Crippen LogP contribution in [0.15, 0.2) is 46.0 Å². The van der Waals surface area contributed by atoms with Crippen molar-refractivity contribution in [1.29, 1.82) is 0 Å². The Morgan fingerprint density at radius 3 is 2.46 bits per heavy atom. The highest BCUT2D eigenvalue weighted by Gasteiger charge is 2.26. The summed E-state index contributed by atoms with van der Waals surface area (Å²) in [5.41, 5.74) is 4.65. The van der Waals surface area contributed by atoms with Crippen molar-refractivity contribution < 1.29 is 9.59 Å². The van der Waals surface area contributed by atoms with E-state index in [0.717, 1.165) is 26.9 Å². The summed E-state index contributed by atoms with van der Waals surface area (Å²) in [5.74, 6) is 0.703. The van der Waals surface area contributed by atoms with Crippen molar-refractivity contribution in [2.75, 3.05) is 11.1 Å². The molecule has 0 fully saturated rings. The maximum Gasteiger partial charge on any atom is 0.251 e. The van der Waals surface area contributed by atoms with Crippen LogP contribution in [0.5, 0.6) is 0 Å². The molecule has 9 heteroatoms. The van der Waals surface area contributed by atoms with E-state index >= 15 is 0 Å². The van der Waals surface area contributed by atoms with Gasteiger partial charge < -0.3 is 15.2 Å². The quantitative estimate of drug-likeness (QED) is 0.322. The Labute approximate surface area is 219 Å². The van der Waals surface area contributed by atoms with Crippen molar-refractivity contribution >= 4 is 45.2 Å². The summed E-state index contributed by atoms with van der Waals surface area (Å²) in [6, 6.07) is 11.1. The molecule has 186 valence electrons. The van der Waals surface area contributed by atoms with Crippen LogP contribution in [0.2, 0.25) is 0 Å². The van der Waals surface area contributed by atoms with Crippen LogP contribution in [-0.4, -0.2) is 32.3 Å². The Morgan fingerprint density at radius 2 is 1.80 bits per heavy atom. The summed E-state index contributed by atoms with van der Waals surface area (Å²) in [4.78, 5) is 25.6. The first-order chi connectivity index (χ1) is 16.6. The van der Waals surface area contributed by atoms with Gasteiger partial charge in [-0.1, -0.05) is 43.3 Å². The average Bonchev–Trinajstić information content (AvgIpc) is 3.21. The van der Waals surface area contributed by atoms with Crippen LogP contribution in [0.3, 0.4) is 0 Å². The lowest BCUT2D eigenvalue weighted by atomic mass is 10.0. The number of thioether (sulfide) groups is 1. The fourth-order valence-electron chi connectivity index (χ4n) is 3.67. The van der Waals surface area contributed by atoms with Crippen LogP contribution in [-0.2, 0) is 11.3 Å². The highest BCUT2D eigenvalue weighted by Crippen LogP contribution is 2.28. The van der Waals surface area contributed by atoms with E-state index in [9.17, 15) is 9.59 Å². The molecule has 2 amide bonds. The number of aromatic nitrogens is 3. The number of anilines is 1. The van der Waals surface area contributed by atoms with E-state index in [4.69, 9.17) is 0 Å². The lowest BCUT2D eigenvalue weighted by Gasteiger charge is -2.22. The van der Waals surface area contributed by atoms with E-state index in [1.54, 1.807) is 6.07 Å². The zero-order valence-corrected chi connectivity index (χ0v) is 23.4. The van der Waals surface area contributed by atoms with Crippen LogP contribution in [0, 0.1) is 26.7 Å². The first kappa shape index (κ1) is 26.9. The van der Waals surface area contributed by atoms with Crippen LogP contribution in [0.25, 0.3) is 0 Å². The van der Waals surface area contributed by atoms with Crippen molar-refractivity contribution in [2.24, 2.45) is 5.92 Å². The van der Waals surface area contributed by atoms with Crippen LogP contribution in [0.1, 0.15) is 59.7 Å². The molecule has 3 aromatic rings. The Hall–Kier alpha value is -2.65. The second kappa shape index (κ2) is 11.9. The Morgan fingerprint density at radius 1 is 1.09 bits per heavy atom.